The van der Waals surface area contributed by atoms with Gasteiger partial charge in [0.05, 0.1) is 5.75 Å². The van der Waals surface area contributed by atoms with Gasteiger partial charge in [0.1, 0.15) is 0 Å². The first-order chi connectivity index (χ1) is 8.18. The zero-order valence-corrected chi connectivity index (χ0v) is 13.3. The summed E-state index contributed by atoms with van der Waals surface area (Å²) >= 11 is 0. The molecule has 18 heavy (non-hydrogen) atoms. The van der Waals surface area contributed by atoms with E-state index in [2.05, 4.69) is 18.6 Å². The fourth-order valence-corrected chi connectivity index (χ4v) is 4.41. The highest BCUT2D eigenvalue weighted by Gasteiger charge is 2.30. The molecule has 0 aromatic heterocycles. The molecule has 0 aliphatic heterocycles. The Balaban J connectivity index is 4.72. The predicted molar refractivity (Wildman–Crippen MR) is 77.9 cm³/mol. The van der Waals surface area contributed by atoms with Gasteiger partial charge in [-0.05, 0) is 25.2 Å². The molecule has 0 aromatic carbocycles. The minimum atomic E-state index is -3.25. The zero-order chi connectivity index (χ0) is 14.4. The van der Waals surface area contributed by atoms with E-state index in [1.54, 1.807) is 0 Å². The average molecular weight is 278 g/mol. The summed E-state index contributed by atoms with van der Waals surface area (Å²) in [5.41, 5.74) is 5.20. The van der Waals surface area contributed by atoms with E-state index >= 15 is 0 Å². The number of rotatable bonds is 9. The molecule has 0 aliphatic rings. The predicted octanol–water partition coefficient (Wildman–Crippen LogP) is 2.11. The topological polar surface area (TPSA) is 72.2 Å². The second kappa shape index (κ2) is 7.46. The first-order valence-electron chi connectivity index (χ1n) is 6.89. The quantitative estimate of drug-likeness (QED) is 0.678. The van der Waals surface area contributed by atoms with Crippen LogP contribution in [-0.4, -0.2) is 26.3 Å². The Morgan fingerprint density at radius 3 is 2.06 bits per heavy atom. The summed E-state index contributed by atoms with van der Waals surface area (Å²) in [4.78, 5) is 0. The normalized spacial score (nSPS) is 16.2. The van der Waals surface area contributed by atoms with Crippen LogP contribution < -0.4 is 10.5 Å². The molecule has 0 fully saturated rings. The summed E-state index contributed by atoms with van der Waals surface area (Å²) in [7, 11) is -3.25. The van der Waals surface area contributed by atoms with Crippen LogP contribution in [0.2, 0.25) is 0 Å². The van der Waals surface area contributed by atoms with Gasteiger partial charge in [0.2, 0.25) is 10.0 Å². The summed E-state index contributed by atoms with van der Waals surface area (Å²) < 4.78 is 27.1. The molecular formula is C13H30N2O2S. The van der Waals surface area contributed by atoms with Crippen LogP contribution in [0.25, 0.3) is 0 Å². The van der Waals surface area contributed by atoms with Gasteiger partial charge < -0.3 is 5.73 Å². The first kappa shape index (κ1) is 17.9. The van der Waals surface area contributed by atoms with Gasteiger partial charge in [-0.1, -0.05) is 40.5 Å². The lowest BCUT2D eigenvalue weighted by molar-refractivity contribution is 0.343. The molecule has 5 heteroatoms. The van der Waals surface area contributed by atoms with Gasteiger partial charge >= 0.3 is 0 Å². The Morgan fingerprint density at radius 1 is 1.22 bits per heavy atom. The van der Waals surface area contributed by atoms with Crippen LogP contribution in [0.5, 0.6) is 0 Å². The van der Waals surface area contributed by atoms with Crippen molar-refractivity contribution in [2.75, 3.05) is 12.3 Å². The zero-order valence-electron chi connectivity index (χ0n) is 12.5. The smallest absolute Gasteiger partial charge is 0.212 e. The number of nitrogens with one attached hydrogen (secondary N) is 1. The number of sulfonamides is 1. The summed E-state index contributed by atoms with van der Waals surface area (Å²) in [6, 6.07) is 0. The standard InChI is InChI=1S/C13H30N2O2S/c1-6-12(7-2)9-18(16,17)15-13(5,10-14)8-11(3)4/h11-12,15H,6-10,14H2,1-5H3. The molecule has 0 saturated carbocycles. The molecule has 0 heterocycles. The van der Waals surface area contributed by atoms with Crippen molar-refractivity contribution in [2.45, 2.75) is 59.4 Å². The highest BCUT2D eigenvalue weighted by Crippen LogP contribution is 2.18. The maximum Gasteiger partial charge on any atom is 0.212 e. The van der Waals surface area contributed by atoms with Crippen molar-refractivity contribution in [3.8, 4) is 0 Å². The van der Waals surface area contributed by atoms with Crippen LogP contribution >= 0.6 is 0 Å². The summed E-state index contributed by atoms with van der Waals surface area (Å²) in [5.74, 6) is 0.839. The van der Waals surface area contributed by atoms with E-state index in [-0.39, 0.29) is 11.7 Å². The Morgan fingerprint density at radius 2 is 1.72 bits per heavy atom. The number of hydrogen-bond donors (Lipinski definition) is 2. The molecule has 0 amide bonds. The SMILES string of the molecule is CCC(CC)CS(=O)(=O)NC(C)(CN)CC(C)C. The van der Waals surface area contributed by atoms with Gasteiger partial charge in [0, 0.05) is 12.1 Å². The Hall–Kier alpha value is -0.130. The van der Waals surface area contributed by atoms with Crippen molar-refractivity contribution < 1.29 is 8.42 Å². The first-order valence-corrected chi connectivity index (χ1v) is 8.55. The minimum Gasteiger partial charge on any atom is -0.329 e. The lowest BCUT2D eigenvalue weighted by Gasteiger charge is -2.31. The van der Waals surface area contributed by atoms with E-state index in [0.717, 1.165) is 19.3 Å². The van der Waals surface area contributed by atoms with Gasteiger partial charge in [0.15, 0.2) is 0 Å². The largest absolute Gasteiger partial charge is 0.329 e. The molecule has 0 rings (SSSR count). The highest BCUT2D eigenvalue weighted by atomic mass is 32.2. The van der Waals surface area contributed by atoms with Crippen LogP contribution in [0.1, 0.15) is 53.9 Å². The van der Waals surface area contributed by atoms with Crippen molar-refractivity contribution in [3.63, 3.8) is 0 Å². The van der Waals surface area contributed by atoms with Gasteiger partial charge in [-0.2, -0.15) is 0 Å². The molecule has 1 unspecified atom stereocenters. The molecule has 0 aliphatic carbocycles. The maximum absolute atomic E-state index is 12.1. The van der Waals surface area contributed by atoms with E-state index in [1.165, 1.54) is 0 Å². The van der Waals surface area contributed by atoms with E-state index < -0.39 is 15.6 Å². The molecule has 0 spiro atoms. The fraction of sp³-hybridized carbons (Fsp3) is 1.00. The lowest BCUT2D eigenvalue weighted by atomic mass is 9.92. The van der Waals surface area contributed by atoms with Crippen LogP contribution in [0.4, 0.5) is 0 Å². The van der Waals surface area contributed by atoms with E-state index in [4.69, 9.17) is 5.73 Å². The van der Waals surface area contributed by atoms with Crippen molar-refractivity contribution in [1.82, 2.24) is 4.72 Å². The molecule has 0 bridgehead atoms. The van der Waals surface area contributed by atoms with Crippen molar-refractivity contribution in [2.24, 2.45) is 17.6 Å². The van der Waals surface area contributed by atoms with Gasteiger partial charge in [-0.3, -0.25) is 0 Å². The van der Waals surface area contributed by atoms with Gasteiger partial charge in [0.25, 0.3) is 0 Å². The molecule has 1 atom stereocenters. The van der Waals surface area contributed by atoms with Gasteiger partial charge in [-0.25, -0.2) is 13.1 Å². The van der Waals surface area contributed by atoms with Crippen molar-refractivity contribution in [3.05, 3.63) is 0 Å². The number of nitrogens with two attached hydrogens (primary N) is 1. The van der Waals surface area contributed by atoms with Crippen LogP contribution in [0, 0.1) is 11.8 Å². The van der Waals surface area contributed by atoms with Crippen LogP contribution in [0.15, 0.2) is 0 Å². The molecule has 0 saturated heterocycles. The van der Waals surface area contributed by atoms with Crippen LogP contribution in [-0.2, 0) is 10.0 Å². The van der Waals surface area contributed by atoms with Crippen LogP contribution in [0.3, 0.4) is 0 Å². The Bertz CT molecular complexity index is 324. The second-order valence-electron chi connectivity index (χ2n) is 5.93. The third kappa shape index (κ3) is 6.71. The molecule has 4 nitrogen and oxygen atoms in total. The molecular weight excluding hydrogens is 248 g/mol. The lowest BCUT2D eigenvalue weighted by Crippen LogP contribution is -2.53. The molecule has 0 radical (unpaired) electrons. The van der Waals surface area contributed by atoms with E-state index in [0.29, 0.717) is 12.5 Å². The monoisotopic (exact) mass is 278 g/mol. The maximum atomic E-state index is 12.1. The van der Waals surface area contributed by atoms with E-state index in [9.17, 15) is 8.42 Å². The third-order valence-corrected chi connectivity index (χ3v) is 5.04. The fourth-order valence-electron chi connectivity index (χ4n) is 2.32. The minimum absolute atomic E-state index is 0.202. The average Bonchev–Trinajstić information content (AvgIpc) is 2.24. The van der Waals surface area contributed by atoms with Gasteiger partial charge in [-0.15, -0.1) is 0 Å². The Kier molecular flexibility index (Phi) is 7.40. The molecule has 0 aromatic rings. The summed E-state index contributed by atoms with van der Waals surface area (Å²) in [5, 5.41) is 0. The third-order valence-electron chi connectivity index (χ3n) is 3.32. The summed E-state index contributed by atoms with van der Waals surface area (Å²) in [6.07, 6.45) is 2.54. The summed E-state index contributed by atoms with van der Waals surface area (Å²) in [6.45, 7) is 10.4. The molecule has 3 N–H and O–H groups in total. The second-order valence-corrected chi connectivity index (χ2v) is 7.70. The van der Waals surface area contributed by atoms with Crippen molar-refractivity contribution >= 4 is 10.0 Å². The Labute approximate surface area is 113 Å². The van der Waals surface area contributed by atoms with Crippen molar-refractivity contribution in [1.29, 1.82) is 0 Å². The highest BCUT2D eigenvalue weighted by molar-refractivity contribution is 7.89. The number of hydrogen-bond acceptors (Lipinski definition) is 3. The molecule has 110 valence electrons. The van der Waals surface area contributed by atoms with E-state index in [1.807, 2.05) is 20.8 Å².